The van der Waals surface area contributed by atoms with Crippen LogP contribution in [0.5, 0.6) is 5.75 Å². The van der Waals surface area contributed by atoms with E-state index in [4.69, 9.17) is 16.3 Å². The van der Waals surface area contributed by atoms with Gasteiger partial charge in [-0.05, 0) is 54.8 Å². The molecule has 1 aliphatic heterocycles. The Bertz CT molecular complexity index is 1360. The highest BCUT2D eigenvalue weighted by atomic mass is 35.5. The number of carbonyl (C=O) groups excluding carboxylic acids is 1. The highest BCUT2D eigenvalue weighted by molar-refractivity contribution is 7.89. The van der Waals surface area contributed by atoms with Crippen molar-refractivity contribution >= 4 is 33.2 Å². The van der Waals surface area contributed by atoms with Crippen LogP contribution < -0.4 is 9.64 Å². The first kappa shape index (κ1) is 27.0. The molecule has 1 amide bonds. The molecule has 0 spiro atoms. The number of carbonyl (C=O) groups is 1. The number of methoxy groups -OCH3 is 1. The van der Waals surface area contributed by atoms with Gasteiger partial charge in [0.2, 0.25) is 15.9 Å². The number of rotatable bonds is 8. The number of amides is 1. The van der Waals surface area contributed by atoms with Crippen molar-refractivity contribution < 1.29 is 17.9 Å². The molecule has 0 aromatic heterocycles. The standard InChI is InChI=1S/C28H32ClN3O4S/c1-21-8-7-11-26(22(21)2)30-14-16-31(17-15-30)28(33)20-32(19-23-9-5-4-6-10-23)37(34,35)24-12-13-27(36-3)25(29)18-24/h4-13,18H,14-17,19-20H2,1-3H3. The number of benzene rings is 3. The summed E-state index contributed by atoms with van der Waals surface area (Å²) in [5, 5.41) is 0.192. The Hall–Kier alpha value is -3.07. The lowest BCUT2D eigenvalue weighted by Gasteiger charge is -2.37. The van der Waals surface area contributed by atoms with Gasteiger partial charge in [-0.2, -0.15) is 4.31 Å². The van der Waals surface area contributed by atoms with Gasteiger partial charge in [-0.1, -0.05) is 54.1 Å². The summed E-state index contributed by atoms with van der Waals surface area (Å²) in [6.07, 6.45) is 0. The molecule has 0 aliphatic carbocycles. The maximum absolute atomic E-state index is 13.7. The van der Waals surface area contributed by atoms with Gasteiger partial charge in [0, 0.05) is 38.4 Å². The fourth-order valence-corrected chi connectivity index (χ4v) is 6.22. The van der Waals surface area contributed by atoms with Crippen molar-refractivity contribution in [3.05, 3.63) is 88.4 Å². The van der Waals surface area contributed by atoms with Crippen LogP contribution in [-0.4, -0.2) is 63.4 Å². The largest absolute Gasteiger partial charge is 0.495 e. The predicted octanol–water partition coefficient (Wildman–Crippen LogP) is 4.51. The minimum Gasteiger partial charge on any atom is -0.495 e. The summed E-state index contributed by atoms with van der Waals surface area (Å²) in [6, 6.07) is 19.8. The van der Waals surface area contributed by atoms with Crippen molar-refractivity contribution in [1.82, 2.24) is 9.21 Å². The van der Waals surface area contributed by atoms with Crippen molar-refractivity contribution in [3.8, 4) is 5.75 Å². The van der Waals surface area contributed by atoms with E-state index in [2.05, 4.69) is 30.9 Å². The summed E-state index contributed by atoms with van der Waals surface area (Å²) >= 11 is 6.23. The molecule has 4 rings (SSSR count). The van der Waals surface area contributed by atoms with E-state index in [9.17, 15) is 13.2 Å². The van der Waals surface area contributed by atoms with Crippen LogP contribution in [-0.2, 0) is 21.4 Å². The third-order valence-corrected chi connectivity index (χ3v) is 8.91. The molecule has 0 saturated carbocycles. The van der Waals surface area contributed by atoms with E-state index in [1.54, 1.807) is 4.90 Å². The van der Waals surface area contributed by atoms with E-state index in [0.717, 1.165) is 5.56 Å². The second kappa shape index (κ2) is 11.5. The zero-order valence-electron chi connectivity index (χ0n) is 21.4. The Morgan fingerprint density at radius 2 is 1.68 bits per heavy atom. The normalized spacial score (nSPS) is 14.2. The zero-order chi connectivity index (χ0) is 26.6. The summed E-state index contributed by atoms with van der Waals surface area (Å²) in [6.45, 7) is 6.45. The average Bonchev–Trinajstić information content (AvgIpc) is 2.90. The SMILES string of the molecule is COc1ccc(S(=O)(=O)N(CC(=O)N2CCN(c3cccc(C)c3C)CC2)Cc2ccccc2)cc1Cl. The van der Waals surface area contributed by atoms with E-state index in [-0.39, 0.29) is 28.9 Å². The van der Waals surface area contributed by atoms with Gasteiger partial charge in [0.1, 0.15) is 5.75 Å². The minimum atomic E-state index is -4.01. The Morgan fingerprint density at radius 1 is 0.973 bits per heavy atom. The second-order valence-electron chi connectivity index (χ2n) is 9.14. The number of piperazine rings is 1. The molecule has 0 N–H and O–H groups in total. The first-order chi connectivity index (χ1) is 17.7. The maximum atomic E-state index is 13.7. The van der Waals surface area contributed by atoms with Crippen LogP contribution >= 0.6 is 11.6 Å². The molecule has 7 nitrogen and oxygen atoms in total. The Kier molecular flexibility index (Phi) is 8.42. The molecule has 1 saturated heterocycles. The van der Waals surface area contributed by atoms with Gasteiger partial charge in [0.05, 0.1) is 23.6 Å². The molecule has 37 heavy (non-hydrogen) atoms. The summed E-state index contributed by atoms with van der Waals surface area (Å²) in [5.41, 5.74) is 4.44. The molecular weight excluding hydrogens is 510 g/mol. The van der Waals surface area contributed by atoms with Crippen molar-refractivity contribution in [2.75, 3.05) is 44.7 Å². The monoisotopic (exact) mass is 541 g/mol. The molecule has 9 heteroatoms. The van der Waals surface area contributed by atoms with Crippen molar-refractivity contribution in [2.24, 2.45) is 0 Å². The number of halogens is 1. The number of sulfonamides is 1. The van der Waals surface area contributed by atoms with Gasteiger partial charge in [-0.3, -0.25) is 4.79 Å². The number of aryl methyl sites for hydroxylation is 1. The van der Waals surface area contributed by atoms with E-state index >= 15 is 0 Å². The topological polar surface area (TPSA) is 70.2 Å². The molecule has 196 valence electrons. The Balaban J connectivity index is 1.52. The number of ether oxygens (including phenoxy) is 1. The van der Waals surface area contributed by atoms with Gasteiger partial charge < -0.3 is 14.5 Å². The van der Waals surface area contributed by atoms with E-state index in [1.807, 2.05) is 36.4 Å². The van der Waals surface area contributed by atoms with E-state index in [1.165, 1.54) is 46.4 Å². The molecule has 0 bridgehead atoms. The molecule has 0 radical (unpaired) electrons. The van der Waals surface area contributed by atoms with Gasteiger partial charge in [0.25, 0.3) is 0 Å². The number of nitrogens with zero attached hydrogens (tertiary/aromatic N) is 3. The third-order valence-electron chi connectivity index (χ3n) is 6.82. The van der Waals surface area contributed by atoms with Crippen LogP contribution in [0.2, 0.25) is 5.02 Å². The third kappa shape index (κ3) is 6.09. The Labute approximate surface area is 224 Å². The van der Waals surface area contributed by atoms with Crippen LogP contribution in [0.4, 0.5) is 5.69 Å². The fraction of sp³-hybridized carbons (Fsp3) is 0.321. The van der Waals surface area contributed by atoms with Crippen molar-refractivity contribution in [1.29, 1.82) is 0 Å². The smallest absolute Gasteiger partial charge is 0.243 e. The summed E-state index contributed by atoms with van der Waals surface area (Å²) < 4.78 is 33.7. The molecule has 3 aromatic carbocycles. The first-order valence-electron chi connectivity index (χ1n) is 12.2. The minimum absolute atomic E-state index is 0.0155. The van der Waals surface area contributed by atoms with Gasteiger partial charge >= 0.3 is 0 Å². The van der Waals surface area contributed by atoms with E-state index in [0.29, 0.717) is 31.9 Å². The zero-order valence-corrected chi connectivity index (χ0v) is 22.9. The van der Waals surface area contributed by atoms with Crippen LogP contribution in [0.3, 0.4) is 0 Å². The average molecular weight is 542 g/mol. The van der Waals surface area contributed by atoms with Crippen LogP contribution in [0.1, 0.15) is 16.7 Å². The lowest BCUT2D eigenvalue weighted by Crippen LogP contribution is -2.52. The first-order valence-corrected chi connectivity index (χ1v) is 14.0. The van der Waals surface area contributed by atoms with Gasteiger partial charge in [-0.15, -0.1) is 0 Å². The molecule has 1 fully saturated rings. The van der Waals surface area contributed by atoms with Crippen LogP contribution in [0.15, 0.2) is 71.6 Å². The summed E-state index contributed by atoms with van der Waals surface area (Å²) in [7, 11) is -2.54. The summed E-state index contributed by atoms with van der Waals surface area (Å²) in [5.74, 6) is 0.160. The molecule has 0 unspecified atom stereocenters. The molecule has 1 heterocycles. The molecule has 3 aromatic rings. The van der Waals surface area contributed by atoms with Crippen LogP contribution in [0.25, 0.3) is 0 Å². The van der Waals surface area contributed by atoms with Gasteiger partial charge in [-0.25, -0.2) is 8.42 Å². The maximum Gasteiger partial charge on any atom is 0.243 e. The summed E-state index contributed by atoms with van der Waals surface area (Å²) in [4.78, 5) is 17.4. The number of hydrogen-bond acceptors (Lipinski definition) is 5. The Morgan fingerprint density at radius 3 is 2.32 bits per heavy atom. The fourth-order valence-electron chi connectivity index (χ4n) is 4.50. The van der Waals surface area contributed by atoms with Gasteiger partial charge in [0.15, 0.2) is 0 Å². The lowest BCUT2D eigenvalue weighted by atomic mass is 10.1. The van der Waals surface area contributed by atoms with Crippen LogP contribution in [0, 0.1) is 13.8 Å². The second-order valence-corrected chi connectivity index (χ2v) is 11.5. The molecule has 1 aliphatic rings. The van der Waals surface area contributed by atoms with Crippen molar-refractivity contribution in [2.45, 2.75) is 25.3 Å². The lowest BCUT2D eigenvalue weighted by molar-refractivity contribution is -0.131. The highest BCUT2D eigenvalue weighted by Crippen LogP contribution is 2.29. The van der Waals surface area contributed by atoms with Crippen molar-refractivity contribution in [3.63, 3.8) is 0 Å². The molecule has 0 atom stereocenters. The molecular formula is C28H32ClN3O4S. The predicted molar refractivity (Wildman–Crippen MR) is 147 cm³/mol. The quantitative estimate of drug-likeness (QED) is 0.420. The number of hydrogen-bond donors (Lipinski definition) is 0. The number of anilines is 1. The van der Waals surface area contributed by atoms with E-state index < -0.39 is 10.0 Å². The highest BCUT2D eigenvalue weighted by Gasteiger charge is 2.31.